The first-order valence-electron chi connectivity index (χ1n) is 13.1. The van der Waals surface area contributed by atoms with E-state index in [0.29, 0.717) is 30.3 Å². The summed E-state index contributed by atoms with van der Waals surface area (Å²) < 4.78 is 44.7. The monoisotopic (exact) mass is 578 g/mol. The largest absolute Gasteiger partial charge is 0.497 e. The van der Waals surface area contributed by atoms with Crippen LogP contribution in [-0.2, 0) is 24.3 Å². The van der Waals surface area contributed by atoms with Crippen molar-refractivity contribution >= 4 is 27.5 Å². The molecule has 2 aromatic carbocycles. The van der Waals surface area contributed by atoms with Crippen molar-refractivity contribution in [1.29, 1.82) is 0 Å². The number of allylic oxidation sites excluding steroid dienone is 1. The number of aliphatic hydroxyl groups is 1. The van der Waals surface area contributed by atoms with Gasteiger partial charge in [0.2, 0.25) is 16.3 Å². The van der Waals surface area contributed by atoms with E-state index in [1.165, 1.54) is 23.5 Å². The number of carbonyl (C=O) groups is 1. The minimum atomic E-state index is -3.88. The molecule has 1 N–H and O–H groups in total. The van der Waals surface area contributed by atoms with Crippen LogP contribution in [0.1, 0.15) is 37.2 Å². The third kappa shape index (κ3) is 7.52. The summed E-state index contributed by atoms with van der Waals surface area (Å²) in [5.74, 6) is 0.483. The number of carbonyl (C=O) groups excluding carboxylic acids is 1. The minimum Gasteiger partial charge on any atom is -0.497 e. The number of likely N-dealkylation sites (tertiary alicyclic amines) is 1. The van der Waals surface area contributed by atoms with Crippen LogP contribution in [0.15, 0.2) is 65.3 Å². The quantitative estimate of drug-likeness (QED) is 0.433. The smallest absolute Gasteiger partial charge is 0.288 e. The van der Waals surface area contributed by atoms with Crippen molar-refractivity contribution in [3.63, 3.8) is 0 Å². The lowest BCUT2D eigenvalue weighted by Gasteiger charge is -2.33. The number of hydrogen-bond acceptors (Lipinski definition) is 7. The van der Waals surface area contributed by atoms with Crippen molar-refractivity contribution in [2.24, 2.45) is 0 Å². The molecule has 11 heteroatoms. The Bertz CT molecular complexity index is 1230. The molecular weight excluding hydrogens is 544 g/mol. The number of nitrogens with zero attached hydrogens (tertiary/aromatic N) is 2. The summed E-state index contributed by atoms with van der Waals surface area (Å²) in [4.78, 5) is 15.2. The Labute approximate surface area is 235 Å². The summed E-state index contributed by atoms with van der Waals surface area (Å²) in [5, 5.41) is 10.1. The van der Waals surface area contributed by atoms with Crippen LogP contribution >= 0.6 is 11.6 Å². The van der Waals surface area contributed by atoms with Crippen LogP contribution in [0, 0.1) is 0 Å². The number of hydrogen-bond donors (Lipinski definition) is 1. The highest BCUT2D eigenvalue weighted by atomic mass is 35.5. The van der Waals surface area contributed by atoms with Crippen LogP contribution in [0.3, 0.4) is 0 Å². The van der Waals surface area contributed by atoms with Crippen LogP contribution in [0.5, 0.6) is 5.75 Å². The Hall–Kier alpha value is -2.63. The molecule has 0 saturated carbocycles. The molecule has 0 aromatic heterocycles. The molecular formula is C28H35ClN2O7S. The van der Waals surface area contributed by atoms with E-state index in [1.807, 2.05) is 18.2 Å². The fraction of sp³-hybridized carbons (Fsp3) is 0.464. The SMILES string of the molecule is COc1ccc(S(=O)(=O)N(CCO)CCO[C@@H]2C[C@H](c3ccc(Cl)cc3)C=C(C(=O)N3CCCCC3)O2)cc1. The van der Waals surface area contributed by atoms with Crippen molar-refractivity contribution in [2.45, 2.75) is 42.8 Å². The summed E-state index contributed by atoms with van der Waals surface area (Å²) in [6, 6.07) is 13.5. The zero-order valence-electron chi connectivity index (χ0n) is 22.0. The van der Waals surface area contributed by atoms with E-state index in [4.69, 9.17) is 25.8 Å². The van der Waals surface area contributed by atoms with Gasteiger partial charge < -0.3 is 24.2 Å². The number of amides is 1. The minimum absolute atomic E-state index is 0.000483. The first-order chi connectivity index (χ1) is 18.8. The molecule has 0 unspecified atom stereocenters. The molecule has 0 aliphatic carbocycles. The molecule has 39 heavy (non-hydrogen) atoms. The molecule has 212 valence electrons. The maximum Gasteiger partial charge on any atom is 0.288 e. The van der Waals surface area contributed by atoms with Gasteiger partial charge in [-0.05, 0) is 67.3 Å². The number of piperidine rings is 1. The summed E-state index contributed by atoms with van der Waals surface area (Å²) >= 11 is 6.08. The van der Waals surface area contributed by atoms with Gasteiger partial charge in [-0.2, -0.15) is 4.31 Å². The Kier molecular flexibility index (Phi) is 10.3. The van der Waals surface area contributed by atoms with Gasteiger partial charge in [0.05, 0.1) is 25.2 Å². The summed E-state index contributed by atoms with van der Waals surface area (Å²) in [6.45, 7) is 0.963. The molecule has 0 bridgehead atoms. The van der Waals surface area contributed by atoms with Crippen LogP contribution in [0.4, 0.5) is 0 Å². The standard InChI is InChI=1S/C28H35ClN2O7S/c1-36-24-9-11-25(12-10-24)39(34,35)31(15-17-32)16-18-37-27-20-22(21-5-7-23(29)8-6-21)19-26(38-27)28(33)30-13-3-2-4-14-30/h5-12,19,22,27,32H,2-4,13-18,20H2,1H3/t22-,27+/m1/s1. The number of methoxy groups -OCH3 is 1. The average molecular weight is 579 g/mol. The molecule has 1 saturated heterocycles. The number of rotatable bonds is 11. The van der Waals surface area contributed by atoms with Gasteiger partial charge in [-0.25, -0.2) is 8.42 Å². The van der Waals surface area contributed by atoms with E-state index in [9.17, 15) is 18.3 Å². The van der Waals surface area contributed by atoms with Crippen LogP contribution < -0.4 is 4.74 Å². The van der Waals surface area contributed by atoms with Gasteiger partial charge in [-0.15, -0.1) is 0 Å². The molecule has 1 amide bonds. The Morgan fingerprint density at radius 1 is 1.08 bits per heavy atom. The van der Waals surface area contributed by atoms with Gasteiger partial charge in [-0.1, -0.05) is 23.7 Å². The maximum absolute atomic E-state index is 13.3. The van der Waals surface area contributed by atoms with E-state index in [2.05, 4.69) is 0 Å². The lowest BCUT2D eigenvalue weighted by Crippen LogP contribution is -2.40. The fourth-order valence-corrected chi connectivity index (χ4v) is 6.29. The third-order valence-electron chi connectivity index (χ3n) is 6.90. The first kappa shape index (κ1) is 29.4. The topological polar surface area (TPSA) is 106 Å². The van der Waals surface area contributed by atoms with E-state index in [-0.39, 0.29) is 48.8 Å². The van der Waals surface area contributed by atoms with Gasteiger partial charge in [0, 0.05) is 43.5 Å². The highest BCUT2D eigenvalue weighted by Crippen LogP contribution is 2.33. The first-order valence-corrected chi connectivity index (χ1v) is 14.9. The second-order valence-electron chi connectivity index (χ2n) is 9.50. The summed E-state index contributed by atoms with van der Waals surface area (Å²) in [5.41, 5.74) is 0.976. The van der Waals surface area contributed by atoms with E-state index < -0.39 is 16.3 Å². The van der Waals surface area contributed by atoms with Gasteiger partial charge in [0.1, 0.15) is 5.75 Å². The fourth-order valence-electron chi connectivity index (χ4n) is 4.75. The van der Waals surface area contributed by atoms with Gasteiger partial charge >= 0.3 is 0 Å². The highest BCUT2D eigenvalue weighted by molar-refractivity contribution is 7.89. The van der Waals surface area contributed by atoms with Crippen LogP contribution in [0.2, 0.25) is 5.02 Å². The molecule has 2 aromatic rings. The zero-order valence-corrected chi connectivity index (χ0v) is 23.6. The number of ether oxygens (including phenoxy) is 3. The second kappa shape index (κ2) is 13.6. The highest BCUT2D eigenvalue weighted by Gasteiger charge is 2.32. The van der Waals surface area contributed by atoms with E-state index >= 15 is 0 Å². The van der Waals surface area contributed by atoms with Crippen LogP contribution in [0.25, 0.3) is 0 Å². The number of halogens is 1. The molecule has 0 radical (unpaired) electrons. The number of benzene rings is 2. The van der Waals surface area contributed by atoms with E-state index in [0.717, 1.165) is 24.8 Å². The molecule has 2 heterocycles. The summed E-state index contributed by atoms with van der Waals surface area (Å²) in [6.07, 6.45) is 4.56. The van der Waals surface area contributed by atoms with E-state index in [1.54, 1.807) is 29.2 Å². The maximum atomic E-state index is 13.3. The van der Waals surface area contributed by atoms with Crippen molar-refractivity contribution in [3.8, 4) is 5.75 Å². The molecule has 4 rings (SSSR count). The van der Waals surface area contributed by atoms with Gasteiger partial charge in [0.15, 0.2) is 5.76 Å². The van der Waals surface area contributed by atoms with Crippen molar-refractivity contribution in [3.05, 3.63) is 71.0 Å². The summed E-state index contributed by atoms with van der Waals surface area (Å²) in [7, 11) is -2.37. The van der Waals surface area contributed by atoms with Crippen molar-refractivity contribution in [2.75, 3.05) is 46.5 Å². The lowest BCUT2D eigenvalue weighted by molar-refractivity contribution is -0.153. The number of sulfonamides is 1. The molecule has 2 atom stereocenters. The number of aliphatic hydroxyl groups excluding tert-OH is 1. The van der Waals surface area contributed by atoms with Gasteiger partial charge in [-0.3, -0.25) is 4.79 Å². The molecule has 2 aliphatic heterocycles. The molecule has 9 nitrogen and oxygen atoms in total. The predicted octanol–water partition coefficient (Wildman–Crippen LogP) is 3.77. The average Bonchev–Trinajstić information content (AvgIpc) is 2.97. The predicted molar refractivity (Wildman–Crippen MR) is 147 cm³/mol. The van der Waals surface area contributed by atoms with Gasteiger partial charge in [0.25, 0.3) is 5.91 Å². The third-order valence-corrected chi connectivity index (χ3v) is 9.07. The zero-order chi connectivity index (χ0) is 27.8. The Balaban J connectivity index is 1.46. The van der Waals surface area contributed by atoms with Crippen molar-refractivity contribution in [1.82, 2.24) is 9.21 Å². The Morgan fingerprint density at radius 2 is 1.77 bits per heavy atom. The molecule has 2 aliphatic rings. The Morgan fingerprint density at radius 3 is 2.41 bits per heavy atom. The second-order valence-corrected chi connectivity index (χ2v) is 11.9. The normalized spacial score (nSPS) is 19.9. The lowest BCUT2D eigenvalue weighted by atomic mass is 9.93. The molecule has 0 spiro atoms. The van der Waals surface area contributed by atoms with Crippen LogP contribution in [-0.4, -0.2) is 81.4 Å². The van der Waals surface area contributed by atoms with Crippen molar-refractivity contribution < 1.29 is 32.5 Å². The molecule has 1 fully saturated rings.